The van der Waals surface area contributed by atoms with Crippen LogP contribution in [0.2, 0.25) is 0 Å². The molecule has 0 radical (unpaired) electrons. The summed E-state index contributed by atoms with van der Waals surface area (Å²) in [5.41, 5.74) is 4.84. The molecule has 0 aromatic carbocycles. The van der Waals surface area contributed by atoms with Gasteiger partial charge in [0.05, 0.1) is 0 Å². The second-order valence-electron chi connectivity index (χ2n) is 4.34. The number of hydrogen-bond donors (Lipinski definition) is 2. The van der Waals surface area contributed by atoms with Gasteiger partial charge in [-0.1, -0.05) is 6.92 Å². The maximum absolute atomic E-state index is 11.0. The summed E-state index contributed by atoms with van der Waals surface area (Å²) in [6, 6.07) is 0. The second kappa shape index (κ2) is 4.28. The molecule has 0 aliphatic heterocycles. The third-order valence-electron chi connectivity index (χ3n) is 3.33. The van der Waals surface area contributed by atoms with E-state index in [1.165, 1.54) is 0 Å². The average molecular weight is 201 g/mol. The van der Waals surface area contributed by atoms with Crippen molar-refractivity contribution < 1.29 is 14.6 Å². The third-order valence-corrected chi connectivity index (χ3v) is 3.33. The van der Waals surface area contributed by atoms with E-state index in [4.69, 9.17) is 15.6 Å². The number of aliphatic carboxylic acids is 1. The lowest BCUT2D eigenvalue weighted by Gasteiger charge is -2.39. The van der Waals surface area contributed by atoms with Crippen molar-refractivity contribution in [1.82, 2.24) is 0 Å². The van der Waals surface area contributed by atoms with E-state index in [-0.39, 0.29) is 5.92 Å². The van der Waals surface area contributed by atoms with Crippen molar-refractivity contribution in [1.29, 1.82) is 0 Å². The lowest BCUT2D eigenvalue weighted by Crippen LogP contribution is -2.56. The number of rotatable bonds is 3. The summed E-state index contributed by atoms with van der Waals surface area (Å²) >= 11 is 0. The molecule has 1 rings (SSSR count). The SMILES string of the molecule is COC[C@H]1CCC(N)(C(=O)O)[C@@H](C)C1. The van der Waals surface area contributed by atoms with Crippen molar-refractivity contribution in [3.8, 4) is 0 Å². The van der Waals surface area contributed by atoms with Gasteiger partial charge in [0.2, 0.25) is 0 Å². The molecule has 0 bridgehead atoms. The molecule has 0 saturated heterocycles. The van der Waals surface area contributed by atoms with E-state index < -0.39 is 11.5 Å². The number of nitrogens with two attached hydrogens (primary N) is 1. The molecule has 4 nitrogen and oxygen atoms in total. The molecule has 82 valence electrons. The molecule has 4 heteroatoms. The van der Waals surface area contributed by atoms with Gasteiger partial charge in [-0.3, -0.25) is 4.79 Å². The minimum absolute atomic E-state index is 0.0221. The van der Waals surface area contributed by atoms with Gasteiger partial charge in [-0.05, 0) is 31.1 Å². The molecule has 3 atom stereocenters. The fourth-order valence-electron chi connectivity index (χ4n) is 2.22. The number of ether oxygens (including phenoxy) is 1. The first-order valence-corrected chi connectivity index (χ1v) is 5.02. The summed E-state index contributed by atoms with van der Waals surface area (Å²) < 4.78 is 5.07. The van der Waals surface area contributed by atoms with Gasteiger partial charge in [0.15, 0.2) is 0 Å². The van der Waals surface area contributed by atoms with E-state index >= 15 is 0 Å². The number of methoxy groups -OCH3 is 1. The summed E-state index contributed by atoms with van der Waals surface area (Å²) in [7, 11) is 1.67. The maximum Gasteiger partial charge on any atom is 0.323 e. The van der Waals surface area contributed by atoms with E-state index in [1.54, 1.807) is 7.11 Å². The molecule has 1 fully saturated rings. The smallest absolute Gasteiger partial charge is 0.323 e. The summed E-state index contributed by atoms with van der Waals surface area (Å²) in [4.78, 5) is 11.0. The highest BCUT2D eigenvalue weighted by Gasteiger charge is 2.43. The Bertz CT molecular complexity index is 219. The van der Waals surface area contributed by atoms with Gasteiger partial charge >= 0.3 is 5.97 Å². The highest BCUT2D eigenvalue weighted by atomic mass is 16.5. The number of carbonyl (C=O) groups is 1. The van der Waals surface area contributed by atoms with Crippen molar-refractivity contribution >= 4 is 5.97 Å². The third kappa shape index (κ3) is 2.07. The van der Waals surface area contributed by atoms with Crippen molar-refractivity contribution in [2.75, 3.05) is 13.7 Å². The molecule has 0 aromatic heterocycles. The van der Waals surface area contributed by atoms with E-state index in [9.17, 15) is 4.79 Å². The van der Waals surface area contributed by atoms with Crippen LogP contribution in [0.3, 0.4) is 0 Å². The molecule has 1 aliphatic rings. The van der Waals surface area contributed by atoms with E-state index in [0.29, 0.717) is 18.9 Å². The fourth-order valence-corrected chi connectivity index (χ4v) is 2.22. The summed E-state index contributed by atoms with van der Waals surface area (Å²) in [6.45, 7) is 2.62. The largest absolute Gasteiger partial charge is 0.480 e. The molecule has 1 unspecified atom stereocenters. The van der Waals surface area contributed by atoms with Crippen LogP contribution >= 0.6 is 0 Å². The predicted octanol–water partition coefficient (Wildman–Crippen LogP) is 0.851. The Morgan fingerprint density at radius 3 is 2.79 bits per heavy atom. The number of carboxylic acids is 1. The minimum Gasteiger partial charge on any atom is -0.480 e. The zero-order chi connectivity index (χ0) is 10.8. The van der Waals surface area contributed by atoms with Crippen LogP contribution in [-0.4, -0.2) is 30.3 Å². The van der Waals surface area contributed by atoms with E-state index in [0.717, 1.165) is 12.8 Å². The number of carboxylic acid groups (broad SMARTS) is 1. The maximum atomic E-state index is 11.0. The predicted molar refractivity (Wildman–Crippen MR) is 52.9 cm³/mol. The summed E-state index contributed by atoms with van der Waals surface area (Å²) in [5, 5.41) is 9.03. The van der Waals surface area contributed by atoms with Crippen LogP contribution in [0.4, 0.5) is 0 Å². The van der Waals surface area contributed by atoms with Crippen molar-refractivity contribution in [2.45, 2.75) is 31.7 Å². The quantitative estimate of drug-likeness (QED) is 0.710. The van der Waals surface area contributed by atoms with Gasteiger partial charge < -0.3 is 15.6 Å². The Labute approximate surface area is 84.4 Å². The summed E-state index contributed by atoms with van der Waals surface area (Å²) in [5.74, 6) is -0.388. The fraction of sp³-hybridized carbons (Fsp3) is 0.900. The molecule has 1 saturated carbocycles. The molecular weight excluding hydrogens is 182 g/mol. The first-order chi connectivity index (χ1) is 6.50. The molecule has 14 heavy (non-hydrogen) atoms. The standard InChI is InChI=1S/C10H19NO3/c1-7-5-8(6-14-2)3-4-10(7,11)9(12)13/h7-8H,3-6,11H2,1-2H3,(H,12,13)/t7-,8-,10?/m0/s1. The monoisotopic (exact) mass is 201 g/mol. The topological polar surface area (TPSA) is 72.5 Å². The van der Waals surface area contributed by atoms with Crippen molar-refractivity contribution in [2.24, 2.45) is 17.6 Å². The molecule has 1 aliphatic carbocycles. The first kappa shape index (κ1) is 11.5. The van der Waals surface area contributed by atoms with Gasteiger partial charge in [0.25, 0.3) is 0 Å². The molecule has 0 aromatic rings. The van der Waals surface area contributed by atoms with Gasteiger partial charge in [-0.25, -0.2) is 0 Å². The molecule has 0 spiro atoms. The average Bonchev–Trinajstić information content (AvgIpc) is 2.12. The highest BCUT2D eigenvalue weighted by Crippen LogP contribution is 2.35. The van der Waals surface area contributed by atoms with E-state index in [2.05, 4.69) is 0 Å². The minimum atomic E-state index is -1.02. The van der Waals surface area contributed by atoms with Crippen molar-refractivity contribution in [3.05, 3.63) is 0 Å². The molecular formula is C10H19NO3. The zero-order valence-electron chi connectivity index (χ0n) is 8.82. The lowest BCUT2D eigenvalue weighted by atomic mass is 9.70. The van der Waals surface area contributed by atoms with E-state index in [1.807, 2.05) is 6.92 Å². The highest BCUT2D eigenvalue weighted by molar-refractivity contribution is 5.79. The van der Waals surface area contributed by atoms with Crippen LogP contribution in [-0.2, 0) is 9.53 Å². The molecule has 0 amide bonds. The molecule has 3 N–H and O–H groups in total. The normalized spacial score (nSPS) is 38.2. The van der Waals surface area contributed by atoms with Gasteiger partial charge in [-0.15, -0.1) is 0 Å². The van der Waals surface area contributed by atoms with Crippen LogP contribution < -0.4 is 5.73 Å². The Hall–Kier alpha value is -0.610. The second-order valence-corrected chi connectivity index (χ2v) is 4.34. The lowest BCUT2D eigenvalue weighted by molar-refractivity contribution is -0.147. The first-order valence-electron chi connectivity index (χ1n) is 5.02. The Balaban J connectivity index is 2.59. The molecule has 0 heterocycles. The van der Waals surface area contributed by atoms with Crippen LogP contribution in [0.25, 0.3) is 0 Å². The Morgan fingerprint density at radius 2 is 2.36 bits per heavy atom. The van der Waals surface area contributed by atoms with Gasteiger partial charge in [0.1, 0.15) is 5.54 Å². The zero-order valence-corrected chi connectivity index (χ0v) is 8.82. The summed E-state index contributed by atoms with van der Waals surface area (Å²) in [6.07, 6.45) is 2.25. The Kier molecular flexibility index (Phi) is 3.50. The van der Waals surface area contributed by atoms with Crippen LogP contribution in [0.5, 0.6) is 0 Å². The number of hydrogen-bond acceptors (Lipinski definition) is 3. The Morgan fingerprint density at radius 1 is 1.71 bits per heavy atom. The van der Waals surface area contributed by atoms with Crippen LogP contribution in [0, 0.1) is 11.8 Å². The van der Waals surface area contributed by atoms with Gasteiger partial charge in [-0.2, -0.15) is 0 Å². The van der Waals surface area contributed by atoms with Gasteiger partial charge in [0, 0.05) is 13.7 Å². The van der Waals surface area contributed by atoms with Crippen LogP contribution in [0.15, 0.2) is 0 Å². The van der Waals surface area contributed by atoms with Crippen LogP contribution in [0.1, 0.15) is 26.2 Å². The van der Waals surface area contributed by atoms with Crippen molar-refractivity contribution in [3.63, 3.8) is 0 Å².